The Kier molecular flexibility index (Phi) is 9.08. The van der Waals surface area contributed by atoms with Crippen molar-refractivity contribution in [3.63, 3.8) is 0 Å². The van der Waals surface area contributed by atoms with E-state index in [2.05, 4.69) is 126 Å². The Morgan fingerprint density at radius 2 is 0.868 bits per heavy atom. The zero-order chi connectivity index (χ0) is 36.1. The van der Waals surface area contributed by atoms with E-state index in [1.165, 1.54) is 16.5 Å². The fourth-order valence-electron chi connectivity index (χ4n) is 7.10. The lowest BCUT2D eigenvalue weighted by Crippen LogP contribution is -2.16. The highest BCUT2D eigenvalue weighted by molar-refractivity contribution is 6.62. The van der Waals surface area contributed by atoms with Gasteiger partial charge in [0.1, 0.15) is 0 Å². The van der Waals surface area contributed by atoms with Gasteiger partial charge in [0.05, 0.1) is 11.4 Å². The summed E-state index contributed by atoms with van der Waals surface area (Å²) in [5.41, 5.74) is 17.6. The minimum absolute atomic E-state index is 0.222. The summed E-state index contributed by atoms with van der Waals surface area (Å²) in [5.74, 6) is 0. The number of anilines is 1. The van der Waals surface area contributed by atoms with Crippen LogP contribution in [0.25, 0.3) is 66.1 Å². The van der Waals surface area contributed by atoms with Crippen molar-refractivity contribution in [1.29, 1.82) is 10.8 Å². The molecular weight excluding hydrogens is 645 g/mol. The van der Waals surface area contributed by atoms with Crippen molar-refractivity contribution in [2.24, 2.45) is 0 Å². The molecule has 252 valence electrons. The number of aromatic nitrogens is 1. The fourth-order valence-corrected chi connectivity index (χ4v) is 7.10. The fraction of sp³-hybridized carbons (Fsp3) is 0. The summed E-state index contributed by atoms with van der Waals surface area (Å²) in [7, 11) is 0. The summed E-state index contributed by atoms with van der Waals surface area (Å²) in [6.07, 6.45) is 7.47. The molecule has 1 aromatic heterocycles. The van der Waals surface area contributed by atoms with Gasteiger partial charge in [-0.05, 0) is 108 Å². The average molecular weight is 681 g/mol. The molecule has 1 aliphatic carbocycles. The van der Waals surface area contributed by atoms with E-state index in [9.17, 15) is 0 Å². The van der Waals surface area contributed by atoms with E-state index < -0.39 is 0 Å². The second-order valence-corrected chi connectivity index (χ2v) is 13.0. The summed E-state index contributed by atoms with van der Waals surface area (Å²) in [4.78, 5) is 3.96. The number of benzene rings is 7. The molecule has 4 heteroatoms. The second-order valence-electron chi connectivity index (χ2n) is 13.0. The van der Waals surface area contributed by atoms with Crippen LogP contribution < -0.4 is 5.73 Å². The Hall–Kier alpha value is -7.17. The SMILES string of the molecule is N=C1C=C(c2ccc(-c3ccccc3)c3ccccc23)C=C(c2ccc(-c3ccccc3)c3ccccc23)C1=N.Nc1cccc(-c2ccncc2)c1. The molecule has 4 N–H and O–H groups in total. The maximum Gasteiger partial charge on any atom is 0.0868 e. The lowest BCUT2D eigenvalue weighted by atomic mass is 9.83. The van der Waals surface area contributed by atoms with Crippen molar-refractivity contribution in [2.75, 3.05) is 5.73 Å². The molecule has 0 spiro atoms. The van der Waals surface area contributed by atoms with Crippen molar-refractivity contribution in [3.8, 4) is 33.4 Å². The number of nitrogens with two attached hydrogens (primary N) is 1. The first kappa shape index (κ1) is 33.0. The number of allylic oxidation sites excluding steroid dienone is 4. The van der Waals surface area contributed by atoms with Crippen molar-refractivity contribution < 1.29 is 0 Å². The number of hydrogen-bond donors (Lipinski definition) is 3. The Morgan fingerprint density at radius 1 is 0.396 bits per heavy atom. The minimum Gasteiger partial charge on any atom is -0.399 e. The van der Waals surface area contributed by atoms with Gasteiger partial charge in [0.25, 0.3) is 0 Å². The van der Waals surface area contributed by atoms with Gasteiger partial charge in [-0.1, -0.05) is 146 Å². The summed E-state index contributed by atoms with van der Waals surface area (Å²) < 4.78 is 0. The topological polar surface area (TPSA) is 86.6 Å². The molecule has 7 aromatic carbocycles. The Bertz CT molecular complexity index is 2690. The van der Waals surface area contributed by atoms with Gasteiger partial charge in [-0.25, -0.2) is 0 Å². The molecule has 1 heterocycles. The van der Waals surface area contributed by atoms with Crippen LogP contribution in [0, 0.1) is 10.8 Å². The Morgan fingerprint density at radius 3 is 1.43 bits per heavy atom. The summed E-state index contributed by atoms with van der Waals surface area (Å²) in [5, 5.41) is 22.2. The molecule has 0 saturated heterocycles. The zero-order valence-corrected chi connectivity index (χ0v) is 29.0. The highest BCUT2D eigenvalue weighted by Gasteiger charge is 2.22. The average Bonchev–Trinajstić information content (AvgIpc) is 3.22. The summed E-state index contributed by atoms with van der Waals surface area (Å²) >= 11 is 0. The lowest BCUT2D eigenvalue weighted by Gasteiger charge is -2.20. The molecule has 9 rings (SSSR count). The maximum absolute atomic E-state index is 8.91. The van der Waals surface area contributed by atoms with Crippen molar-refractivity contribution in [3.05, 3.63) is 206 Å². The third-order valence-electron chi connectivity index (χ3n) is 9.66. The first-order valence-electron chi connectivity index (χ1n) is 17.6. The minimum atomic E-state index is 0.222. The largest absolute Gasteiger partial charge is 0.399 e. The highest BCUT2D eigenvalue weighted by Crippen LogP contribution is 2.39. The quantitative estimate of drug-likeness (QED) is 0.125. The standard InChI is InChI=1S/C38H26N2.C11H10N2/c39-37-24-27(30-20-19-28(25-11-3-1-4-12-25)31-15-7-8-17-33(30)31)23-36(38(37)40)35-22-21-29(26-13-5-2-6-14-26)32-16-9-10-18-34(32)35;12-11-3-1-2-10(8-11)9-4-6-13-7-5-9/h1-24,39-40H;1-8H,12H2. The lowest BCUT2D eigenvalue weighted by molar-refractivity contribution is 1.33. The van der Waals surface area contributed by atoms with Gasteiger partial charge >= 0.3 is 0 Å². The van der Waals surface area contributed by atoms with E-state index in [-0.39, 0.29) is 11.4 Å². The van der Waals surface area contributed by atoms with Crippen LogP contribution in [0.15, 0.2) is 194 Å². The molecule has 0 aliphatic heterocycles. The van der Waals surface area contributed by atoms with Crippen molar-refractivity contribution >= 4 is 49.8 Å². The van der Waals surface area contributed by atoms with Gasteiger partial charge in [0, 0.05) is 23.7 Å². The smallest absolute Gasteiger partial charge is 0.0868 e. The second kappa shape index (κ2) is 14.6. The number of rotatable bonds is 5. The number of nitrogens with one attached hydrogen (secondary N) is 2. The molecule has 0 bridgehead atoms. The summed E-state index contributed by atoms with van der Waals surface area (Å²) in [6.45, 7) is 0. The van der Waals surface area contributed by atoms with Crippen LogP contribution in [-0.4, -0.2) is 16.4 Å². The zero-order valence-electron chi connectivity index (χ0n) is 29.0. The van der Waals surface area contributed by atoms with Crippen molar-refractivity contribution in [2.45, 2.75) is 0 Å². The molecule has 8 aromatic rings. The Labute approximate surface area is 309 Å². The van der Waals surface area contributed by atoms with Crippen molar-refractivity contribution in [1.82, 2.24) is 4.98 Å². The van der Waals surface area contributed by atoms with E-state index >= 15 is 0 Å². The summed E-state index contributed by atoms with van der Waals surface area (Å²) in [6, 6.07) is 58.0. The van der Waals surface area contributed by atoms with Crippen LogP contribution in [0.1, 0.15) is 11.1 Å². The molecule has 0 unspecified atom stereocenters. The van der Waals surface area contributed by atoms with E-state index in [0.29, 0.717) is 0 Å². The number of nitrogen functional groups attached to an aromatic ring is 1. The Balaban J connectivity index is 0.000000259. The predicted molar refractivity (Wildman–Crippen MR) is 224 cm³/mol. The molecule has 0 radical (unpaired) electrons. The molecule has 0 saturated carbocycles. The van der Waals surface area contributed by atoms with E-state index in [4.69, 9.17) is 16.6 Å². The normalized spacial score (nSPS) is 12.5. The van der Waals surface area contributed by atoms with Crippen LogP contribution in [0.4, 0.5) is 5.69 Å². The molecule has 0 amide bonds. The molecular formula is C49H36N4. The first-order valence-corrected chi connectivity index (χ1v) is 17.6. The van der Waals surface area contributed by atoms with Gasteiger partial charge in [-0.15, -0.1) is 0 Å². The van der Waals surface area contributed by atoms with Crippen LogP contribution >= 0.6 is 0 Å². The number of fused-ring (bicyclic) bond motifs is 2. The number of hydrogen-bond acceptors (Lipinski definition) is 4. The van der Waals surface area contributed by atoms with E-state index in [1.807, 2.05) is 60.7 Å². The van der Waals surface area contributed by atoms with Crippen LogP contribution in [-0.2, 0) is 0 Å². The monoisotopic (exact) mass is 680 g/mol. The van der Waals surface area contributed by atoms with Gasteiger partial charge in [0.15, 0.2) is 0 Å². The van der Waals surface area contributed by atoms with Gasteiger partial charge in [0.2, 0.25) is 0 Å². The third kappa shape index (κ3) is 6.69. The van der Waals surface area contributed by atoms with E-state index in [1.54, 1.807) is 12.4 Å². The highest BCUT2D eigenvalue weighted by atomic mass is 14.6. The first-order chi connectivity index (χ1) is 26.0. The predicted octanol–water partition coefficient (Wildman–Crippen LogP) is 12.2. The molecule has 4 nitrogen and oxygen atoms in total. The van der Waals surface area contributed by atoms with Crippen LogP contribution in [0.5, 0.6) is 0 Å². The van der Waals surface area contributed by atoms with Crippen LogP contribution in [0.2, 0.25) is 0 Å². The van der Waals surface area contributed by atoms with E-state index in [0.717, 1.165) is 66.4 Å². The van der Waals surface area contributed by atoms with Crippen LogP contribution in [0.3, 0.4) is 0 Å². The van der Waals surface area contributed by atoms with Gasteiger partial charge < -0.3 is 5.73 Å². The molecule has 53 heavy (non-hydrogen) atoms. The number of pyridine rings is 1. The maximum atomic E-state index is 8.91. The van der Waals surface area contributed by atoms with Gasteiger partial charge in [-0.2, -0.15) is 0 Å². The molecule has 0 atom stereocenters. The third-order valence-corrected chi connectivity index (χ3v) is 9.66. The molecule has 0 fully saturated rings. The van der Waals surface area contributed by atoms with Gasteiger partial charge in [-0.3, -0.25) is 15.8 Å². The number of nitrogens with zero attached hydrogens (tertiary/aromatic N) is 1. The molecule has 1 aliphatic rings.